The molecule has 0 heterocycles. The standard InChI is InChI=1S/C14H9BrClF3O/c15-8-11-6-10(4-5-13(11)16)9-2-1-3-12(7-9)20-14(17,18)19/h1-7H,8H2. The molecule has 6 heteroatoms. The Labute approximate surface area is 127 Å². The molecule has 0 fully saturated rings. The molecule has 0 aliphatic rings. The number of hydrogen-bond acceptors (Lipinski definition) is 1. The van der Waals surface area contributed by atoms with Gasteiger partial charge in [-0.05, 0) is 41.0 Å². The Morgan fingerprint density at radius 2 is 1.75 bits per heavy atom. The molecular formula is C14H9BrClF3O. The summed E-state index contributed by atoms with van der Waals surface area (Å²) in [6.45, 7) is 0. The molecule has 106 valence electrons. The van der Waals surface area contributed by atoms with E-state index in [1.165, 1.54) is 18.2 Å². The van der Waals surface area contributed by atoms with Crippen molar-refractivity contribution in [1.29, 1.82) is 0 Å². The van der Waals surface area contributed by atoms with Gasteiger partial charge in [0.1, 0.15) is 5.75 Å². The van der Waals surface area contributed by atoms with Gasteiger partial charge in [-0.15, -0.1) is 13.2 Å². The summed E-state index contributed by atoms with van der Waals surface area (Å²) in [6, 6.07) is 11.1. The van der Waals surface area contributed by atoms with Crippen LogP contribution in [-0.2, 0) is 5.33 Å². The fourth-order valence-electron chi connectivity index (χ4n) is 1.73. The summed E-state index contributed by atoms with van der Waals surface area (Å²) in [5.41, 5.74) is 2.27. The molecule has 1 nitrogen and oxygen atoms in total. The van der Waals surface area contributed by atoms with Crippen LogP contribution >= 0.6 is 27.5 Å². The van der Waals surface area contributed by atoms with Gasteiger partial charge in [-0.25, -0.2) is 0 Å². The van der Waals surface area contributed by atoms with Gasteiger partial charge in [0.25, 0.3) is 0 Å². The summed E-state index contributed by atoms with van der Waals surface area (Å²) in [5, 5.41) is 1.17. The minimum atomic E-state index is -4.69. The van der Waals surface area contributed by atoms with Gasteiger partial charge in [-0.3, -0.25) is 0 Å². The average molecular weight is 366 g/mol. The Morgan fingerprint density at radius 3 is 2.40 bits per heavy atom. The van der Waals surface area contributed by atoms with Crippen molar-refractivity contribution in [1.82, 2.24) is 0 Å². The summed E-state index contributed by atoms with van der Waals surface area (Å²) in [6.07, 6.45) is -4.69. The Kier molecular flexibility index (Phi) is 4.60. The molecule has 0 amide bonds. The van der Waals surface area contributed by atoms with E-state index in [4.69, 9.17) is 11.6 Å². The second-order valence-corrected chi connectivity index (χ2v) is 4.98. The predicted molar refractivity (Wildman–Crippen MR) is 76.2 cm³/mol. The molecule has 0 bridgehead atoms. The molecule has 0 saturated heterocycles. The number of alkyl halides is 4. The van der Waals surface area contributed by atoms with Crippen molar-refractivity contribution < 1.29 is 17.9 Å². The number of halogens is 5. The fraction of sp³-hybridized carbons (Fsp3) is 0.143. The molecule has 0 aliphatic carbocycles. The lowest BCUT2D eigenvalue weighted by Gasteiger charge is -2.11. The largest absolute Gasteiger partial charge is 0.573 e. The van der Waals surface area contributed by atoms with Crippen molar-refractivity contribution in [2.75, 3.05) is 0 Å². The third-order valence-corrected chi connectivity index (χ3v) is 3.56. The van der Waals surface area contributed by atoms with E-state index >= 15 is 0 Å². The molecule has 2 aromatic carbocycles. The summed E-state index contributed by atoms with van der Waals surface area (Å²) >= 11 is 9.31. The first-order valence-corrected chi connectivity index (χ1v) is 7.09. The van der Waals surface area contributed by atoms with E-state index in [2.05, 4.69) is 20.7 Å². The van der Waals surface area contributed by atoms with Gasteiger partial charge < -0.3 is 4.74 Å². The SMILES string of the molecule is FC(F)(F)Oc1cccc(-c2ccc(Cl)c(CBr)c2)c1. The van der Waals surface area contributed by atoms with Crippen LogP contribution in [0.25, 0.3) is 11.1 Å². The van der Waals surface area contributed by atoms with Crippen molar-refractivity contribution in [3.63, 3.8) is 0 Å². The summed E-state index contributed by atoms with van der Waals surface area (Å²) in [5.74, 6) is -0.245. The minimum absolute atomic E-state index is 0.245. The van der Waals surface area contributed by atoms with Crippen molar-refractivity contribution >= 4 is 27.5 Å². The fourth-order valence-corrected chi connectivity index (χ4v) is 2.54. The first-order valence-electron chi connectivity index (χ1n) is 5.59. The molecule has 2 aromatic rings. The van der Waals surface area contributed by atoms with Gasteiger partial charge in [-0.2, -0.15) is 0 Å². The van der Waals surface area contributed by atoms with Gasteiger partial charge >= 0.3 is 6.36 Å². The predicted octanol–water partition coefficient (Wildman–Crippen LogP) is 5.80. The number of hydrogen-bond donors (Lipinski definition) is 0. The van der Waals surface area contributed by atoms with Gasteiger partial charge in [0, 0.05) is 10.4 Å². The van der Waals surface area contributed by atoms with Gasteiger partial charge in [-0.1, -0.05) is 45.7 Å². The lowest BCUT2D eigenvalue weighted by atomic mass is 10.0. The third kappa shape index (κ3) is 3.90. The van der Waals surface area contributed by atoms with Gasteiger partial charge in [0.15, 0.2) is 0 Å². The smallest absolute Gasteiger partial charge is 0.406 e. The number of ether oxygens (including phenoxy) is 1. The van der Waals surface area contributed by atoms with Crippen LogP contribution in [0.2, 0.25) is 5.02 Å². The van der Waals surface area contributed by atoms with E-state index < -0.39 is 6.36 Å². The summed E-state index contributed by atoms with van der Waals surface area (Å²) in [4.78, 5) is 0. The zero-order valence-electron chi connectivity index (χ0n) is 10.0. The van der Waals surface area contributed by atoms with Crippen molar-refractivity contribution in [2.24, 2.45) is 0 Å². The second-order valence-electron chi connectivity index (χ2n) is 4.02. The van der Waals surface area contributed by atoms with E-state index in [0.29, 0.717) is 15.9 Å². The molecule has 0 spiro atoms. The number of benzene rings is 2. The topological polar surface area (TPSA) is 9.23 Å². The molecule has 20 heavy (non-hydrogen) atoms. The van der Waals surface area contributed by atoms with Crippen LogP contribution in [0.3, 0.4) is 0 Å². The molecule has 0 atom stereocenters. The average Bonchev–Trinajstić information content (AvgIpc) is 2.37. The van der Waals surface area contributed by atoms with Crippen molar-refractivity contribution in [3.05, 3.63) is 53.1 Å². The Bertz CT molecular complexity index is 614. The normalized spacial score (nSPS) is 11.4. The molecule has 0 radical (unpaired) electrons. The van der Waals surface area contributed by atoms with Gasteiger partial charge in [0.05, 0.1) is 0 Å². The van der Waals surface area contributed by atoms with E-state index in [-0.39, 0.29) is 5.75 Å². The minimum Gasteiger partial charge on any atom is -0.406 e. The zero-order chi connectivity index (χ0) is 14.8. The first-order chi connectivity index (χ1) is 9.39. The molecule has 0 unspecified atom stereocenters. The molecular weight excluding hydrogens is 357 g/mol. The molecule has 0 N–H and O–H groups in total. The summed E-state index contributed by atoms with van der Waals surface area (Å²) in [7, 11) is 0. The molecule has 0 saturated carbocycles. The highest BCUT2D eigenvalue weighted by Gasteiger charge is 2.31. The maximum Gasteiger partial charge on any atom is 0.573 e. The van der Waals surface area contributed by atoms with Crippen molar-refractivity contribution in [2.45, 2.75) is 11.7 Å². The van der Waals surface area contributed by atoms with Crippen LogP contribution in [0.5, 0.6) is 5.75 Å². The highest BCUT2D eigenvalue weighted by atomic mass is 79.9. The molecule has 0 aromatic heterocycles. The monoisotopic (exact) mass is 364 g/mol. The van der Waals surface area contributed by atoms with Crippen LogP contribution in [0, 0.1) is 0 Å². The summed E-state index contributed by atoms with van der Waals surface area (Å²) < 4.78 is 40.5. The van der Waals surface area contributed by atoms with Crippen LogP contribution in [0.4, 0.5) is 13.2 Å². The van der Waals surface area contributed by atoms with Crippen molar-refractivity contribution in [3.8, 4) is 16.9 Å². The van der Waals surface area contributed by atoms with E-state index in [1.807, 2.05) is 6.07 Å². The lowest BCUT2D eigenvalue weighted by molar-refractivity contribution is -0.274. The first kappa shape index (κ1) is 15.2. The lowest BCUT2D eigenvalue weighted by Crippen LogP contribution is -2.17. The molecule has 2 rings (SSSR count). The highest BCUT2D eigenvalue weighted by molar-refractivity contribution is 9.08. The van der Waals surface area contributed by atoms with E-state index in [9.17, 15) is 13.2 Å². The van der Waals surface area contributed by atoms with E-state index in [1.54, 1.807) is 18.2 Å². The Balaban J connectivity index is 2.36. The zero-order valence-corrected chi connectivity index (χ0v) is 12.4. The third-order valence-electron chi connectivity index (χ3n) is 2.59. The van der Waals surface area contributed by atoms with E-state index in [0.717, 1.165) is 11.1 Å². The highest BCUT2D eigenvalue weighted by Crippen LogP contribution is 2.30. The quantitative estimate of drug-likeness (QED) is 0.625. The Morgan fingerprint density at radius 1 is 1.05 bits per heavy atom. The van der Waals surface area contributed by atoms with Gasteiger partial charge in [0.2, 0.25) is 0 Å². The Hall–Kier alpha value is -1.20. The van der Waals surface area contributed by atoms with Crippen LogP contribution in [-0.4, -0.2) is 6.36 Å². The van der Waals surface area contributed by atoms with Crippen LogP contribution < -0.4 is 4.74 Å². The maximum absolute atomic E-state index is 12.2. The maximum atomic E-state index is 12.2. The molecule has 0 aliphatic heterocycles. The second kappa shape index (κ2) is 6.06. The van der Waals surface area contributed by atoms with Crippen LogP contribution in [0.15, 0.2) is 42.5 Å². The number of rotatable bonds is 3. The van der Waals surface area contributed by atoms with Crippen LogP contribution in [0.1, 0.15) is 5.56 Å².